The van der Waals surface area contributed by atoms with Gasteiger partial charge in [-0.25, -0.2) is 4.79 Å². The van der Waals surface area contributed by atoms with Crippen molar-refractivity contribution in [3.8, 4) is 5.75 Å². The second-order valence-electron chi connectivity index (χ2n) is 7.87. The number of carbonyl (C=O) groups is 2. The average Bonchev–Trinajstić information content (AvgIpc) is 2.32. The summed E-state index contributed by atoms with van der Waals surface area (Å²) in [6.07, 6.45) is -0.112. The van der Waals surface area contributed by atoms with Crippen LogP contribution >= 0.6 is 0 Å². The van der Waals surface area contributed by atoms with Gasteiger partial charge in [-0.2, -0.15) is 0 Å². The number of benzene rings is 1. The smallest absolute Gasteiger partial charge is 0.335 e. The van der Waals surface area contributed by atoms with Crippen LogP contribution < -0.4 is 0 Å². The molecule has 1 aromatic carbocycles. The topological polar surface area (TPSA) is 94.8 Å². The van der Waals surface area contributed by atoms with Crippen LogP contribution in [-0.2, 0) is 22.0 Å². The van der Waals surface area contributed by atoms with E-state index in [1.807, 2.05) is 41.5 Å². The highest BCUT2D eigenvalue weighted by molar-refractivity contribution is 5.91. The number of rotatable bonds is 4. The first-order valence-corrected chi connectivity index (χ1v) is 7.61. The van der Waals surface area contributed by atoms with E-state index in [1.54, 1.807) is 0 Å². The van der Waals surface area contributed by atoms with Crippen molar-refractivity contribution in [2.45, 2.75) is 65.2 Å². The average molecular weight is 322 g/mol. The Balaban J connectivity index is 3.81. The van der Waals surface area contributed by atoms with Crippen LogP contribution in [0.2, 0.25) is 0 Å². The molecule has 0 amide bonds. The van der Waals surface area contributed by atoms with E-state index in [2.05, 4.69) is 0 Å². The summed E-state index contributed by atoms with van der Waals surface area (Å²) < 4.78 is 0. The van der Waals surface area contributed by atoms with Crippen molar-refractivity contribution < 1.29 is 24.9 Å². The van der Waals surface area contributed by atoms with Crippen LogP contribution in [0.5, 0.6) is 5.75 Å². The van der Waals surface area contributed by atoms with Crippen LogP contribution in [0, 0.1) is 0 Å². The van der Waals surface area contributed by atoms with E-state index in [4.69, 9.17) is 5.11 Å². The Morgan fingerprint density at radius 1 is 1.00 bits per heavy atom. The third-order valence-electron chi connectivity index (χ3n) is 3.78. The molecule has 0 fully saturated rings. The molecule has 0 unspecified atom stereocenters. The predicted octanol–water partition coefficient (Wildman–Crippen LogP) is 3.70. The summed E-state index contributed by atoms with van der Waals surface area (Å²) in [5, 5.41) is 29.3. The number of phenolic OH excluding ortho intramolecular Hbond substituents is 1. The van der Waals surface area contributed by atoms with Gasteiger partial charge in [-0.05, 0) is 28.9 Å². The molecular formula is C18H26O5. The summed E-state index contributed by atoms with van der Waals surface area (Å²) in [4.78, 5) is 22.6. The van der Waals surface area contributed by atoms with E-state index in [-0.39, 0.29) is 24.2 Å². The highest BCUT2D eigenvalue weighted by Crippen LogP contribution is 2.43. The number of hydrogen-bond donors (Lipinski definition) is 3. The zero-order valence-corrected chi connectivity index (χ0v) is 14.6. The van der Waals surface area contributed by atoms with Crippen LogP contribution in [0.3, 0.4) is 0 Å². The van der Waals surface area contributed by atoms with Gasteiger partial charge in [-0.15, -0.1) is 0 Å². The van der Waals surface area contributed by atoms with Gasteiger partial charge in [0, 0.05) is 17.5 Å². The van der Waals surface area contributed by atoms with Gasteiger partial charge in [-0.1, -0.05) is 41.5 Å². The molecule has 5 nitrogen and oxygen atoms in total. The van der Waals surface area contributed by atoms with Crippen LogP contribution in [0.15, 0.2) is 6.07 Å². The lowest BCUT2D eigenvalue weighted by atomic mass is 9.75. The lowest BCUT2D eigenvalue weighted by Gasteiger charge is -2.30. The molecule has 0 saturated heterocycles. The van der Waals surface area contributed by atoms with Crippen molar-refractivity contribution in [3.05, 3.63) is 28.3 Å². The maximum Gasteiger partial charge on any atom is 0.335 e. The van der Waals surface area contributed by atoms with Crippen LogP contribution in [0.1, 0.15) is 75.0 Å². The van der Waals surface area contributed by atoms with Gasteiger partial charge >= 0.3 is 11.9 Å². The van der Waals surface area contributed by atoms with Gasteiger partial charge in [-0.3, -0.25) is 4.79 Å². The zero-order chi connectivity index (χ0) is 18.2. The van der Waals surface area contributed by atoms with Gasteiger partial charge in [0.05, 0.1) is 5.56 Å². The third kappa shape index (κ3) is 4.24. The van der Waals surface area contributed by atoms with Crippen molar-refractivity contribution >= 4 is 11.9 Å². The maximum absolute atomic E-state index is 11.7. The van der Waals surface area contributed by atoms with Crippen molar-refractivity contribution in [1.29, 1.82) is 0 Å². The van der Waals surface area contributed by atoms with Crippen molar-refractivity contribution in [2.24, 2.45) is 0 Å². The molecule has 1 aromatic rings. The lowest BCUT2D eigenvalue weighted by Crippen LogP contribution is -2.22. The van der Waals surface area contributed by atoms with Gasteiger partial charge in [0.25, 0.3) is 0 Å². The summed E-state index contributed by atoms with van der Waals surface area (Å²) >= 11 is 0. The van der Waals surface area contributed by atoms with E-state index in [0.29, 0.717) is 16.7 Å². The van der Waals surface area contributed by atoms with E-state index >= 15 is 0 Å². The van der Waals surface area contributed by atoms with Crippen LogP contribution in [0.4, 0.5) is 0 Å². The lowest BCUT2D eigenvalue weighted by molar-refractivity contribution is -0.136. The van der Waals surface area contributed by atoms with E-state index < -0.39 is 22.8 Å². The van der Waals surface area contributed by atoms with Crippen LogP contribution in [-0.4, -0.2) is 27.3 Å². The first-order chi connectivity index (χ1) is 10.3. The summed E-state index contributed by atoms with van der Waals surface area (Å²) in [5.74, 6) is -2.04. The molecule has 0 atom stereocenters. The Bertz CT molecular complexity index is 630. The minimum atomic E-state index is -1.11. The minimum Gasteiger partial charge on any atom is -0.507 e. The van der Waals surface area contributed by atoms with Gasteiger partial charge in [0.1, 0.15) is 5.75 Å². The standard InChI is InChI=1S/C18H26O5/c1-17(2,3)12-9-11(16(22)23)10(7-8-13(19)20)14(15(12)21)18(4,5)6/h9,21H,7-8H2,1-6H3,(H,19,20)(H,22,23). The van der Waals surface area contributed by atoms with Gasteiger partial charge < -0.3 is 15.3 Å². The fourth-order valence-electron chi connectivity index (χ4n) is 2.77. The number of carboxylic acid groups (broad SMARTS) is 2. The molecule has 0 heterocycles. The van der Waals surface area contributed by atoms with Crippen molar-refractivity contribution in [1.82, 2.24) is 0 Å². The molecule has 0 aliphatic rings. The van der Waals surface area contributed by atoms with E-state index in [9.17, 15) is 19.8 Å². The SMILES string of the molecule is CC(C)(C)c1cc(C(=O)O)c(CCC(=O)O)c(C(C)(C)C)c1O. The zero-order valence-electron chi connectivity index (χ0n) is 14.6. The fraction of sp³-hybridized carbons (Fsp3) is 0.556. The Labute approximate surface area is 137 Å². The second kappa shape index (κ2) is 6.22. The molecular weight excluding hydrogens is 296 g/mol. The normalized spacial score (nSPS) is 12.3. The Morgan fingerprint density at radius 2 is 1.52 bits per heavy atom. The quantitative estimate of drug-likeness (QED) is 0.785. The summed E-state index contributed by atoms with van der Waals surface area (Å²) in [6.45, 7) is 11.3. The number of phenols is 1. The first-order valence-electron chi connectivity index (χ1n) is 7.61. The Kier molecular flexibility index (Phi) is 5.14. The summed E-state index contributed by atoms with van der Waals surface area (Å²) in [6, 6.07) is 1.48. The van der Waals surface area contributed by atoms with E-state index in [0.717, 1.165) is 0 Å². The Hall–Kier alpha value is -2.04. The highest BCUT2D eigenvalue weighted by atomic mass is 16.4. The van der Waals surface area contributed by atoms with Crippen LogP contribution in [0.25, 0.3) is 0 Å². The number of aliphatic carboxylic acids is 1. The molecule has 0 spiro atoms. The molecule has 23 heavy (non-hydrogen) atoms. The molecule has 128 valence electrons. The Morgan fingerprint density at radius 3 is 1.87 bits per heavy atom. The van der Waals surface area contributed by atoms with Gasteiger partial charge in [0.15, 0.2) is 0 Å². The summed E-state index contributed by atoms with van der Waals surface area (Å²) in [5.41, 5.74) is 0.600. The fourth-order valence-corrected chi connectivity index (χ4v) is 2.77. The number of aromatic hydroxyl groups is 1. The second-order valence-corrected chi connectivity index (χ2v) is 7.87. The number of hydrogen-bond acceptors (Lipinski definition) is 3. The molecule has 5 heteroatoms. The molecule has 0 saturated carbocycles. The molecule has 0 aliphatic carbocycles. The predicted molar refractivity (Wildman–Crippen MR) is 88.4 cm³/mol. The minimum absolute atomic E-state index is 0.0652. The van der Waals surface area contributed by atoms with Gasteiger partial charge in [0.2, 0.25) is 0 Å². The highest BCUT2D eigenvalue weighted by Gasteiger charge is 2.32. The molecule has 0 aliphatic heterocycles. The number of carboxylic acids is 2. The van der Waals surface area contributed by atoms with E-state index in [1.165, 1.54) is 6.07 Å². The molecule has 3 N–H and O–H groups in total. The first kappa shape index (κ1) is 19.0. The van der Waals surface area contributed by atoms with Crippen molar-refractivity contribution in [3.63, 3.8) is 0 Å². The largest absolute Gasteiger partial charge is 0.507 e. The molecule has 0 radical (unpaired) electrons. The molecule has 0 bridgehead atoms. The number of aromatic carboxylic acids is 1. The third-order valence-corrected chi connectivity index (χ3v) is 3.78. The maximum atomic E-state index is 11.7. The molecule has 1 rings (SSSR count). The summed E-state index contributed by atoms with van der Waals surface area (Å²) in [7, 11) is 0. The van der Waals surface area contributed by atoms with Crippen molar-refractivity contribution in [2.75, 3.05) is 0 Å². The monoisotopic (exact) mass is 322 g/mol. The molecule has 0 aromatic heterocycles.